The zero-order valence-corrected chi connectivity index (χ0v) is 17.8. The van der Waals surface area contributed by atoms with Gasteiger partial charge in [0.15, 0.2) is 0 Å². The molecular formula is C25H23F3N4O. The summed E-state index contributed by atoms with van der Waals surface area (Å²) in [6.45, 7) is 0.0652. The summed E-state index contributed by atoms with van der Waals surface area (Å²) in [5, 5.41) is 0.885. The van der Waals surface area contributed by atoms with Gasteiger partial charge in [0.05, 0.1) is 28.8 Å². The summed E-state index contributed by atoms with van der Waals surface area (Å²) >= 11 is 0. The maximum absolute atomic E-state index is 13.9. The van der Waals surface area contributed by atoms with Gasteiger partial charge in [-0.1, -0.05) is 31.0 Å². The molecule has 1 aliphatic carbocycles. The van der Waals surface area contributed by atoms with E-state index in [0.29, 0.717) is 16.8 Å². The lowest BCUT2D eigenvalue weighted by Crippen LogP contribution is -2.17. The van der Waals surface area contributed by atoms with Crippen molar-refractivity contribution in [3.05, 3.63) is 72.3 Å². The molecule has 2 aromatic carbocycles. The molecule has 0 bridgehead atoms. The normalized spacial score (nSPS) is 14.9. The Hall–Kier alpha value is -3.55. The zero-order chi connectivity index (χ0) is 23.2. The Bertz CT molecular complexity index is 1330. The Morgan fingerprint density at radius 3 is 2.64 bits per heavy atom. The van der Waals surface area contributed by atoms with E-state index in [2.05, 4.69) is 4.98 Å². The average Bonchev–Trinajstić information content (AvgIpc) is 3.53. The molecule has 33 heavy (non-hydrogen) atoms. The Balaban J connectivity index is 1.53. The summed E-state index contributed by atoms with van der Waals surface area (Å²) in [7, 11) is 0. The number of carbonyl (C=O) groups excluding carboxylic acids is 1. The highest BCUT2D eigenvalue weighted by Gasteiger charge is 2.36. The quantitative estimate of drug-likeness (QED) is 0.425. The number of amides is 1. The standard InChI is InChI=1S/C25H23F3N4O/c26-25(27,28)20-12-17(8-9-18(20)16-4-1-2-5-16)21-13-32(15-30-21)23-7-3-6-22-19(23)10-11-31(22)14-24(29)33/h3,6-13,15-16H,1-2,4-5,14H2,(H2,29,33). The van der Waals surface area contributed by atoms with Crippen molar-refractivity contribution in [2.75, 3.05) is 0 Å². The van der Waals surface area contributed by atoms with Crippen LogP contribution in [-0.2, 0) is 17.5 Å². The van der Waals surface area contributed by atoms with Crippen LogP contribution < -0.4 is 5.73 Å². The van der Waals surface area contributed by atoms with Crippen LogP contribution in [0.4, 0.5) is 13.2 Å². The average molecular weight is 452 g/mol. The largest absolute Gasteiger partial charge is 0.416 e. The number of alkyl halides is 3. The van der Waals surface area contributed by atoms with E-state index < -0.39 is 17.6 Å². The van der Waals surface area contributed by atoms with Crippen LogP contribution in [0.3, 0.4) is 0 Å². The summed E-state index contributed by atoms with van der Waals surface area (Å²) in [6.07, 6.45) is 4.24. The minimum absolute atomic E-state index is 0.0322. The first-order valence-electron chi connectivity index (χ1n) is 10.9. The van der Waals surface area contributed by atoms with Gasteiger partial charge < -0.3 is 14.9 Å². The highest BCUT2D eigenvalue weighted by Crippen LogP contribution is 2.43. The fraction of sp³-hybridized carbons (Fsp3) is 0.280. The Kier molecular flexibility index (Phi) is 5.23. The monoisotopic (exact) mass is 452 g/mol. The van der Waals surface area contributed by atoms with Crippen molar-refractivity contribution in [3.8, 4) is 16.9 Å². The highest BCUT2D eigenvalue weighted by molar-refractivity contribution is 5.89. The van der Waals surface area contributed by atoms with Crippen LogP contribution in [0.25, 0.3) is 27.8 Å². The second-order valence-electron chi connectivity index (χ2n) is 8.57. The number of aromatic nitrogens is 3. The van der Waals surface area contributed by atoms with Crippen LogP contribution in [-0.4, -0.2) is 20.0 Å². The van der Waals surface area contributed by atoms with Gasteiger partial charge in [0.2, 0.25) is 5.91 Å². The number of hydrogen-bond donors (Lipinski definition) is 1. The van der Waals surface area contributed by atoms with Crippen molar-refractivity contribution in [1.29, 1.82) is 0 Å². The van der Waals surface area contributed by atoms with Crippen molar-refractivity contribution >= 4 is 16.8 Å². The Morgan fingerprint density at radius 2 is 1.91 bits per heavy atom. The molecule has 2 aromatic heterocycles. The number of rotatable bonds is 5. The van der Waals surface area contributed by atoms with Gasteiger partial charge >= 0.3 is 6.18 Å². The van der Waals surface area contributed by atoms with E-state index in [1.807, 2.05) is 24.3 Å². The van der Waals surface area contributed by atoms with Crippen LogP contribution in [0.2, 0.25) is 0 Å². The minimum atomic E-state index is -4.41. The molecule has 5 rings (SSSR count). The molecule has 0 aliphatic heterocycles. The molecule has 0 atom stereocenters. The molecule has 170 valence electrons. The third-order valence-electron chi connectivity index (χ3n) is 6.43. The lowest BCUT2D eigenvalue weighted by molar-refractivity contribution is -0.138. The first kappa shape index (κ1) is 21.3. The second kappa shape index (κ2) is 8.10. The predicted molar refractivity (Wildman–Crippen MR) is 120 cm³/mol. The number of nitrogens with zero attached hydrogens (tertiary/aromatic N) is 3. The number of imidazole rings is 1. The van der Waals surface area contributed by atoms with Crippen LogP contribution in [0.5, 0.6) is 0 Å². The SMILES string of the molecule is NC(=O)Cn1ccc2c(-n3cnc(-c4ccc(C5CCCC5)c(C(F)(F)F)c4)c3)cccc21. The predicted octanol–water partition coefficient (Wildman–Crippen LogP) is 5.66. The van der Waals surface area contributed by atoms with Crippen molar-refractivity contribution in [1.82, 2.24) is 14.1 Å². The fourth-order valence-corrected chi connectivity index (χ4v) is 4.90. The van der Waals surface area contributed by atoms with E-state index in [9.17, 15) is 18.0 Å². The maximum atomic E-state index is 13.9. The number of fused-ring (bicyclic) bond motifs is 1. The van der Waals surface area contributed by atoms with Gasteiger partial charge in [-0.3, -0.25) is 4.79 Å². The third kappa shape index (κ3) is 4.01. The summed E-state index contributed by atoms with van der Waals surface area (Å²) in [5.74, 6) is -0.473. The van der Waals surface area contributed by atoms with Gasteiger partial charge in [-0.05, 0) is 48.6 Å². The van der Waals surface area contributed by atoms with Crippen molar-refractivity contribution in [3.63, 3.8) is 0 Å². The van der Waals surface area contributed by atoms with Crippen LogP contribution in [0.1, 0.15) is 42.7 Å². The molecule has 1 fully saturated rings. The van der Waals surface area contributed by atoms with E-state index in [1.54, 1.807) is 40.0 Å². The summed E-state index contributed by atoms with van der Waals surface area (Å²) in [6, 6.07) is 12.1. The molecule has 8 heteroatoms. The van der Waals surface area contributed by atoms with Crippen molar-refractivity contribution in [2.24, 2.45) is 5.73 Å². The Labute approximate surface area is 188 Å². The molecule has 0 radical (unpaired) electrons. The van der Waals surface area contributed by atoms with Gasteiger partial charge in [0.25, 0.3) is 0 Å². The second-order valence-corrected chi connectivity index (χ2v) is 8.57. The van der Waals surface area contributed by atoms with Gasteiger partial charge in [-0.15, -0.1) is 0 Å². The number of primary amides is 1. The van der Waals surface area contributed by atoms with Gasteiger partial charge in [-0.25, -0.2) is 4.98 Å². The number of halogens is 3. The molecule has 5 nitrogen and oxygen atoms in total. The number of carbonyl (C=O) groups is 1. The van der Waals surface area contributed by atoms with Gasteiger partial charge in [0, 0.05) is 23.3 Å². The van der Waals surface area contributed by atoms with Gasteiger partial charge in [0.1, 0.15) is 6.54 Å². The molecule has 1 aliphatic rings. The van der Waals surface area contributed by atoms with Crippen LogP contribution >= 0.6 is 0 Å². The van der Waals surface area contributed by atoms with Crippen molar-refractivity contribution in [2.45, 2.75) is 44.3 Å². The summed E-state index contributed by atoms with van der Waals surface area (Å²) < 4.78 is 45.2. The molecule has 0 saturated heterocycles. The zero-order valence-electron chi connectivity index (χ0n) is 17.8. The maximum Gasteiger partial charge on any atom is 0.416 e. The lowest BCUT2D eigenvalue weighted by atomic mass is 9.91. The summed E-state index contributed by atoms with van der Waals surface area (Å²) in [4.78, 5) is 15.7. The first-order chi connectivity index (χ1) is 15.8. The lowest BCUT2D eigenvalue weighted by Gasteiger charge is -2.18. The molecular weight excluding hydrogens is 429 g/mol. The van der Waals surface area contributed by atoms with Gasteiger partial charge in [-0.2, -0.15) is 13.2 Å². The molecule has 4 aromatic rings. The van der Waals surface area contributed by atoms with Crippen molar-refractivity contribution < 1.29 is 18.0 Å². The van der Waals surface area contributed by atoms with E-state index in [0.717, 1.165) is 42.3 Å². The molecule has 1 amide bonds. The third-order valence-corrected chi connectivity index (χ3v) is 6.43. The Morgan fingerprint density at radius 1 is 1.12 bits per heavy atom. The molecule has 0 unspecified atom stereocenters. The van der Waals surface area contributed by atoms with E-state index in [4.69, 9.17) is 5.73 Å². The minimum Gasteiger partial charge on any atom is -0.368 e. The number of hydrogen-bond acceptors (Lipinski definition) is 2. The smallest absolute Gasteiger partial charge is 0.368 e. The van der Waals surface area contributed by atoms with Crippen LogP contribution in [0, 0.1) is 0 Å². The molecule has 2 heterocycles. The van der Waals surface area contributed by atoms with E-state index in [-0.39, 0.29) is 12.5 Å². The van der Waals surface area contributed by atoms with E-state index in [1.165, 1.54) is 6.07 Å². The molecule has 2 N–H and O–H groups in total. The number of benzene rings is 2. The highest BCUT2D eigenvalue weighted by atomic mass is 19.4. The fourth-order valence-electron chi connectivity index (χ4n) is 4.90. The van der Waals surface area contributed by atoms with Crippen LogP contribution in [0.15, 0.2) is 61.2 Å². The number of nitrogens with two attached hydrogens (primary N) is 1. The molecule has 1 saturated carbocycles. The topological polar surface area (TPSA) is 65.8 Å². The summed E-state index contributed by atoms with van der Waals surface area (Å²) in [5.41, 5.74) is 7.70. The first-order valence-corrected chi connectivity index (χ1v) is 10.9. The van der Waals surface area contributed by atoms with E-state index >= 15 is 0 Å². The molecule has 0 spiro atoms.